The number of aryl methyl sites for hydroxylation is 1. The Hall–Kier alpha value is -3.38. The van der Waals surface area contributed by atoms with Crippen LogP contribution in [0.4, 0.5) is 10.8 Å². The van der Waals surface area contributed by atoms with Crippen molar-refractivity contribution in [3.8, 4) is 17.2 Å². The van der Waals surface area contributed by atoms with Gasteiger partial charge in [-0.25, -0.2) is 8.42 Å². The fourth-order valence-electron chi connectivity index (χ4n) is 2.74. The SMILES string of the molecule is CCc1nnc(NS(=O)(=O)c2ccc(NC(=O)c3cc(OC)c(OC)c(OC)c3)cc2)s1. The summed E-state index contributed by atoms with van der Waals surface area (Å²) < 4.78 is 43.3. The van der Waals surface area contributed by atoms with E-state index in [0.717, 1.165) is 5.01 Å². The molecule has 2 aromatic carbocycles. The molecule has 32 heavy (non-hydrogen) atoms. The van der Waals surface area contributed by atoms with Crippen molar-refractivity contribution in [2.45, 2.75) is 18.2 Å². The van der Waals surface area contributed by atoms with E-state index in [9.17, 15) is 13.2 Å². The Kier molecular flexibility index (Phi) is 7.15. The highest BCUT2D eigenvalue weighted by atomic mass is 32.2. The van der Waals surface area contributed by atoms with Gasteiger partial charge in [-0.15, -0.1) is 10.2 Å². The van der Waals surface area contributed by atoms with Gasteiger partial charge in [-0.3, -0.25) is 9.52 Å². The number of aromatic nitrogens is 2. The number of anilines is 2. The molecule has 10 nitrogen and oxygen atoms in total. The zero-order valence-electron chi connectivity index (χ0n) is 17.8. The first-order valence-electron chi connectivity index (χ1n) is 9.38. The molecule has 0 fully saturated rings. The van der Waals surface area contributed by atoms with Crippen LogP contribution in [0.25, 0.3) is 0 Å². The van der Waals surface area contributed by atoms with E-state index in [1.807, 2.05) is 6.92 Å². The van der Waals surface area contributed by atoms with Gasteiger partial charge in [-0.1, -0.05) is 18.3 Å². The van der Waals surface area contributed by atoms with Crippen LogP contribution in [-0.4, -0.2) is 45.9 Å². The van der Waals surface area contributed by atoms with E-state index in [1.54, 1.807) is 0 Å². The van der Waals surface area contributed by atoms with Gasteiger partial charge in [0.05, 0.1) is 26.2 Å². The minimum atomic E-state index is -3.83. The molecule has 3 aromatic rings. The van der Waals surface area contributed by atoms with Crippen molar-refractivity contribution in [1.29, 1.82) is 0 Å². The lowest BCUT2D eigenvalue weighted by atomic mass is 10.1. The molecule has 0 radical (unpaired) electrons. The predicted octanol–water partition coefficient (Wildman–Crippen LogP) is 3.18. The normalized spacial score (nSPS) is 11.0. The number of carbonyl (C=O) groups is 1. The summed E-state index contributed by atoms with van der Waals surface area (Å²) in [6.07, 6.45) is 0.666. The van der Waals surface area contributed by atoms with Crippen LogP contribution in [0.1, 0.15) is 22.3 Å². The van der Waals surface area contributed by atoms with Crippen molar-refractivity contribution in [3.63, 3.8) is 0 Å². The molecule has 1 heterocycles. The van der Waals surface area contributed by atoms with Gasteiger partial charge < -0.3 is 19.5 Å². The summed E-state index contributed by atoms with van der Waals surface area (Å²) in [6, 6.07) is 8.78. The van der Waals surface area contributed by atoms with Crippen molar-refractivity contribution in [2.75, 3.05) is 31.4 Å². The van der Waals surface area contributed by atoms with Gasteiger partial charge >= 0.3 is 0 Å². The molecular formula is C20H22N4O6S2. The third kappa shape index (κ3) is 5.08. The molecule has 0 aliphatic rings. The fourth-order valence-corrected chi connectivity index (χ4v) is 4.65. The van der Waals surface area contributed by atoms with Gasteiger partial charge in [-0.2, -0.15) is 0 Å². The second kappa shape index (κ2) is 9.83. The van der Waals surface area contributed by atoms with Crippen molar-refractivity contribution in [3.05, 3.63) is 47.0 Å². The topological polar surface area (TPSA) is 129 Å². The number of sulfonamides is 1. The molecule has 0 saturated heterocycles. The summed E-state index contributed by atoms with van der Waals surface area (Å²) in [5.74, 6) is 0.619. The van der Waals surface area contributed by atoms with Crippen molar-refractivity contribution in [2.24, 2.45) is 0 Å². The number of hydrogen-bond donors (Lipinski definition) is 2. The molecule has 0 aliphatic carbocycles. The fraction of sp³-hybridized carbons (Fsp3) is 0.250. The Labute approximate surface area is 189 Å². The molecule has 1 aromatic heterocycles. The summed E-state index contributed by atoms with van der Waals surface area (Å²) in [4.78, 5) is 12.7. The minimum absolute atomic E-state index is 0.0246. The molecule has 12 heteroatoms. The molecule has 2 N–H and O–H groups in total. The third-order valence-electron chi connectivity index (χ3n) is 4.34. The van der Waals surface area contributed by atoms with Crippen LogP contribution in [0, 0.1) is 0 Å². The Morgan fingerprint density at radius 3 is 2.12 bits per heavy atom. The number of nitrogens with zero attached hydrogens (tertiary/aromatic N) is 2. The number of carbonyl (C=O) groups excluding carboxylic acids is 1. The van der Waals surface area contributed by atoms with Crippen LogP contribution in [0.5, 0.6) is 17.2 Å². The standard InChI is InChI=1S/C20H22N4O6S2/c1-5-17-22-23-20(31-17)24-32(26,27)14-8-6-13(7-9-14)21-19(25)12-10-15(28-2)18(30-4)16(11-12)29-3/h6-11H,5H2,1-4H3,(H,21,25)(H,23,24). The lowest BCUT2D eigenvalue weighted by Crippen LogP contribution is -2.14. The van der Waals surface area contributed by atoms with Crippen LogP contribution in [0.2, 0.25) is 0 Å². The third-order valence-corrected chi connectivity index (χ3v) is 6.81. The number of nitrogens with one attached hydrogen (secondary N) is 2. The van der Waals surface area contributed by atoms with Crippen molar-refractivity contribution < 1.29 is 27.4 Å². The number of rotatable bonds is 9. The molecule has 0 aliphatic heterocycles. The molecule has 0 unspecified atom stereocenters. The number of hydrogen-bond acceptors (Lipinski definition) is 9. The molecule has 0 saturated carbocycles. The Morgan fingerprint density at radius 1 is 1.00 bits per heavy atom. The van der Waals surface area contributed by atoms with E-state index in [1.165, 1.54) is 69.1 Å². The first-order valence-corrected chi connectivity index (χ1v) is 11.7. The first-order chi connectivity index (χ1) is 15.3. The van der Waals surface area contributed by atoms with Crippen LogP contribution in [0.3, 0.4) is 0 Å². The number of benzene rings is 2. The predicted molar refractivity (Wildman–Crippen MR) is 121 cm³/mol. The highest BCUT2D eigenvalue weighted by Gasteiger charge is 2.19. The average Bonchev–Trinajstić information content (AvgIpc) is 3.25. The summed E-state index contributed by atoms with van der Waals surface area (Å²) in [5.41, 5.74) is 0.688. The molecular weight excluding hydrogens is 456 g/mol. The largest absolute Gasteiger partial charge is 0.493 e. The van der Waals surface area contributed by atoms with E-state index >= 15 is 0 Å². The maximum Gasteiger partial charge on any atom is 0.263 e. The average molecular weight is 479 g/mol. The lowest BCUT2D eigenvalue weighted by molar-refractivity contribution is 0.102. The number of ether oxygens (including phenoxy) is 3. The smallest absolute Gasteiger partial charge is 0.263 e. The van der Waals surface area contributed by atoms with E-state index in [-0.39, 0.29) is 15.6 Å². The molecule has 1 amide bonds. The molecule has 0 atom stereocenters. The zero-order chi connectivity index (χ0) is 23.3. The van der Waals surface area contributed by atoms with Gasteiger partial charge in [0.2, 0.25) is 10.9 Å². The van der Waals surface area contributed by atoms with Gasteiger partial charge in [0.1, 0.15) is 5.01 Å². The summed E-state index contributed by atoms with van der Waals surface area (Å²) >= 11 is 1.17. The quantitative estimate of drug-likeness (QED) is 0.480. The Morgan fingerprint density at radius 2 is 1.62 bits per heavy atom. The summed E-state index contributed by atoms with van der Waals surface area (Å²) in [6.45, 7) is 1.91. The monoisotopic (exact) mass is 478 g/mol. The highest BCUT2D eigenvalue weighted by Crippen LogP contribution is 2.38. The minimum Gasteiger partial charge on any atom is -0.493 e. The van der Waals surface area contributed by atoms with Crippen LogP contribution in [-0.2, 0) is 16.4 Å². The van der Waals surface area contributed by atoms with Gasteiger partial charge in [0.15, 0.2) is 11.5 Å². The van der Waals surface area contributed by atoms with Crippen molar-refractivity contribution >= 4 is 38.1 Å². The van der Waals surface area contributed by atoms with Gasteiger partial charge in [0.25, 0.3) is 15.9 Å². The van der Waals surface area contributed by atoms with Gasteiger partial charge in [0, 0.05) is 11.3 Å². The molecule has 0 bridgehead atoms. The summed E-state index contributed by atoms with van der Waals surface area (Å²) in [5, 5.41) is 11.3. The number of methoxy groups -OCH3 is 3. The van der Waals surface area contributed by atoms with E-state index < -0.39 is 15.9 Å². The molecule has 3 rings (SSSR count). The van der Waals surface area contributed by atoms with Crippen LogP contribution >= 0.6 is 11.3 Å². The maximum atomic E-state index is 12.7. The zero-order valence-corrected chi connectivity index (χ0v) is 19.5. The Bertz CT molecular complexity index is 1180. The van der Waals surface area contributed by atoms with E-state index in [2.05, 4.69) is 20.2 Å². The number of amides is 1. The first kappa shape index (κ1) is 23.3. The highest BCUT2D eigenvalue weighted by molar-refractivity contribution is 7.93. The van der Waals surface area contributed by atoms with Crippen LogP contribution in [0.15, 0.2) is 41.3 Å². The molecule has 170 valence electrons. The van der Waals surface area contributed by atoms with E-state index in [0.29, 0.717) is 29.4 Å². The second-order valence-corrected chi connectivity index (χ2v) is 9.10. The van der Waals surface area contributed by atoms with Crippen molar-refractivity contribution in [1.82, 2.24) is 10.2 Å². The molecule has 0 spiro atoms. The van der Waals surface area contributed by atoms with E-state index in [4.69, 9.17) is 14.2 Å². The maximum absolute atomic E-state index is 12.7. The Balaban J connectivity index is 1.76. The van der Waals surface area contributed by atoms with Gasteiger partial charge in [-0.05, 0) is 42.8 Å². The lowest BCUT2D eigenvalue weighted by Gasteiger charge is -2.14. The summed E-state index contributed by atoms with van der Waals surface area (Å²) in [7, 11) is 0.548. The second-order valence-electron chi connectivity index (χ2n) is 6.35. The van der Waals surface area contributed by atoms with Crippen LogP contribution < -0.4 is 24.2 Å².